The predicted octanol–water partition coefficient (Wildman–Crippen LogP) is 4.16. The molecular weight excluding hydrogens is 331 g/mol. The normalized spacial score (nSPS) is 10.1. The number of nitro benzene ring substituents is 1. The summed E-state index contributed by atoms with van der Waals surface area (Å²) >= 11 is 11.9. The monoisotopic (exact) mass is 340 g/mol. The number of benzene rings is 2. The topological polar surface area (TPSA) is 81.5 Å². The van der Waals surface area contributed by atoms with Crippen LogP contribution in [0.1, 0.15) is 10.4 Å². The Morgan fingerprint density at radius 3 is 2.41 bits per heavy atom. The molecule has 0 atom stereocenters. The zero-order valence-corrected chi connectivity index (χ0v) is 12.8. The first-order valence-corrected chi connectivity index (χ1v) is 6.77. The van der Waals surface area contributed by atoms with Crippen molar-refractivity contribution in [2.45, 2.75) is 0 Å². The number of nitrogens with zero attached hydrogens (tertiary/aromatic N) is 1. The van der Waals surface area contributed by atoms with Crippen molar-refractivity contribution in [1.29, 1.82) is 0 Å². The molecule has 2 aromatic rings. The minimum atomic E-state index is -0.545. The highest BCUT2D eigenvalue weighted by molar-refractivity contribution is 6.37. The molecule has 2 rings (SSSR count). The van der Waals surface area contributed by atoms with Crippen LogP contribution in [0.4, 0.5) is 11.4 Å². The molecule has 1 amide bonds. The maximum absolute atomic E-state index is 12.2. The van der Waals surface area contributed by atoms with E-state index in [1.807, 2.05) is 0 Å². The summed E-state index contributed by atoms with van der Waals surface area (Å²) < 4.78 is 5.00. The van der Waals surface area contributed by atoms with Crippen molar-refractivity contribution < 1.29 is 14.5 Å². The number of nitro groups is 1. The molecule has 0 bridgehead atoms. The van der Waals surface area contributed by atoms with E-state index in [4.69, 9.17) is 27.9 Å². The average Bonchev–Trinajstić information content (AvgIpc) is 2.47. The summed E-state index contributed by atoms with van der Waals surface area (Å²) in [6.07, 6.45) is 0. The first-order chi connectivity index (χ1) is 10.4. The van der Waals surface area contributed by atoms with Crippen LogP contribution in [-0.2, 0) is 0 Å². The Morgan fingerprint density at radius 2 is 1.86 bits per heavy atom. The lowest BCUT2D eigenvalue weighted by Gasteiger charge is -2.09. The number of ether oxygens (including phenoxy) is 1. The van der Waals surface area contributed by atoms with Gasteiger partial charge in [0.15, 0.2) is 5.75 Å². The lowest BCUT2D eigenvalue weighted by atomic mass is 10.2. The summed E-state index contributed by atoms with van der Waals surface area (Å²) in [5, 5.41) is 13.6. The smallest absolute Gasteiger partial charge is 0.271 e. The molecule has 0 unspecified atom stereocenters. The third-order valence-electron chi connectivity index (χ3n) is 2.78. The number of hydrogen-bond acceptors (Lipinski definition) is 4. The van der Waals surface area contributed by atoms with Gasteiger partial charge in [0.1, 0.15) is 0 Å². The van der Waals surface area contributed by atoms with Gasteiger partial charge in [0.05, 0.1) is 22.1 Å². The summed E-state index contributed by atoms with van der Waals surface area (Å²) in [7, 11) is 1.41. The maximum Gasteiger partial charge on any atom is 0.271 e. The Balaban J connectivity index is 2.26. The van der Waals surface area contributed by atoms with Crippen molar-refractivity contribution in [2.75, 3.05) is 12.4 Å². The number of non-ortho nitro benzene ring substituents is 1. The summed E-state index contributed by atoms with van der Waals surface area (Å²) in [6.45, 7) is 0. The SMILES string of the molecule is COc1c(Cl)cc(C(=O)Nc2cccc([N+](=O)[O-])c2)cc1Cl. The summed E-state index contributed by atoms with van der Waals surface area (Å²) in [5.74, 6) is -0.220. The molecule has 2 aromatic carbocycles. The molecular formula is C14H10Cl2N2O4. The van der Waals surface area contributed by atoms with Gasteiger partial charge >= 0.3 is 0 Å². The molecule has 0 saturated heterocycles. The average molecular weight is 341 g/mol. The highest BCUT2D eigenvalue weighted by atomic mass is 35.5. The molecule has 8 heteroatoms. The fourth-order valence-corrected chi connectivity index (χ4v) is 2.43. The molecule has 0 aliphatic carbocycles. The Labute approximate surface area is 135 Å². The molecule has 0 aromatic heterocycles. The van der Waals surface area contributed by atoms with Crippen LogP contribution >= 0.6 is 23.2 Å². The number of halogens is 2. The minimum Gasteiger partial charge on any atom is -0.494 e. The Kier molecular flexibility index (Phi) is 4.85. The number of methoxy groups -OCH3 is 1. The summed E-state index contributed by atoms with van der Waals surface area (Å²) in [4.78, 5) is 22.3. The van der Waals surface area contributed by atoms with Gasteiger partial charge in [0.2, 0.25) is 0 Å². The molecule has 0 fully saturated rings. The van der Waals surface area contributed by atoms with Crippen LogP contribution < -0.4 is 10.1 Å². The fraction of sp³-hybridized carbons (Fsp3) is 0.0714. The minimum absolute atomic E-state index is 0.122. The molecule has 0 aliphatic heterocycles. The Hall–Kier alpha value is -2.31. The van der Waals surface area contributed by atoms with E-state index in [-0.39, 0.29) is 27.0 Å². The molecule has 0 heterocycles. The van der Waals surface area contributed by atoms with Gasteiger partial charge in [-0.15, -0.1) is 0 Å². The third-order valence-corrected chi connectivity index (χ3v) is 3.34. The van der Waals surface area contributed by atoms with Crippen LogP contribution in [0.2, 0.25) is 10.0 Å². The van der Waals surface area contributed by atoms with E-state index in [9.17, 15) is 14.9 Å². The number of rotatable bonds is 4. The molecule has 0 radical (unpaired) electrons. The van der Waals surface area contributed by atoms with Crippen LogP contribution in [0.3, 0.4) is 0 Å². The van der Waals surface area contributed by atoms with E-state index in [0.717, 1.165) is 0 Å². The van der Waals surface area contributed by atoms with Crippen molar-refractivity contribution in [2.24, 2.45) is 0 Å². The van der Waals surface area contributed by atoms with Crippen LogP contribution in [0, 0.1) is 10.1 Å². The predicted molar refractivity (Wildman–Crippen MR) is 84.1 cm³/mol. The van der Waals surface area contributed by atoms with Gasteiger partial charge in [-0.2, -0.15) is 0 Å². The summed E-state index contributed by atoms with van der Waals surface area (Å²) in [6, 6.07) is 8.40. The first kappa shape index (κ1) is 16.1. The molecule has 6 nitrogen and oxygen atoms in total. The molecule has 0 aliphatic rings. The molecule has 114 valence electrons. The van der Waals surface area contributed by atoms with Crippen molar-refractivity contribution in [3.63, 3.8) is 0 Å². The largest absolute Gasteiger partial charge is 0.494 e. The molecule has 0 spiro atoms. The van der Waals surface area contributed by atoms with Crippen molar-refractivity contribution in [1.82, 2.24) is 0 Å². The number of amides is 1. The summed E-state index contributed by atoms with van der Waals surface area (Å²) in [5.41, 5.74) is 0.383. The molecule has 22 heavy (non-hydrogen) atoms. The standard InChI is InChI=1S/C14H10Cl2N2O4/c1-22-13-11(15)5-8(6-12(13)16)14(19)17-9-3-2-4-10(7-9)18(20)21/h2-7H,1H3,(H,17,19). The van der Waals surface area contributed by atoms with Crippen LogP contribution in [-0.4, -0.2) is 17.9 Å². The first-order valence-electron chi connectivity index (χ1n) is 6.01. The van der Waals surface area contributed by atoms with Gasteiger partial charge in [-0.1, -0.05) is 29.3 Å². The van der Waals surface area contributed by atoms with Gasteiger partial charge in [-0.25, -0.2) is 0 Å². The lowest BCUT2D eigenvalue weighted by molar-refractivity contribution is -0.384. The number of carbonyl (C=O) groups excluding carboxylic acids is 1. The van der Waals surface area contributed by atoms with Gasteiger partial charge in [-0.3, -0.25) is 14.9 Å². The van der Waals surface area contributed by atoms with E-state index < -0.39 is 10.8 Å². The van der Waals surface area contributed by atoms with E-state index in [1.165, 1.54) is 43.5 Å². The van der Waals surface area contributed by atoms with Crippen LogP contribution in [0.25, 0.3) is 0 Å². The maximum atomic E-state index is 12.2. The Bertz CT molecular complexity index is 726. The van der Waals surface area contributed by atoms with Gasteiger partial charge in [-0.05, 0) is 18.2 Å². The quantitative estimate of drug-likeness (QED) is 0.669. The van der Waals surface area contributed by atoms with E-state index in [0.29, 0.717) is 5.69 Å². The Morgan fingerprint density at radius 1 is 1.23 bits per heavy atom. The van der Waals surface area contributed by atoms with Gasteiger partial charge in [0.25, 0.3) is 11.6 Å². The second-order valence-corrected chi connectivity index (χ2v) is 5.05. The third kappa shape index (κ3) is 3.47. The van der Waals surface area contributed by atoms with E-state index in [2.05, 4.69) is 5.32 Å². The molecule has 0 saturated carbocycles. The number of carbonyl (C=O) groups is 1. The lowest BCUT2D eigenvalue weighted by Crippen LogP contribution is -2.12. The highest BCUT2D eigenvalue weighted by Gasteiger charge is 2.14. The van der Waals surface area contributed by atoms with Gasteiger partial charge in [0, 0.05) is 23.4 Å². The highest BCUT2D eigenvalue weighted by Crippen LogP contribution is 2.34. The zero-order valence-electron chi connectivity index (χ0n) is 11.3. The fourth-order valence-electron chi connectivity index (χ4n) is 1.79. The molecule has 1 N–H and O–H groups in total. The number of hydrogen-bond donors (Lipinski definition) is 1. The van der Waals surface area contributed by atoms with Crippen LogP contribution in [0.5, 0.6) is 5.75 Å². The van der Waals surface area contributed by atoms with Crippen LogP contribution in [0.15, 0.2) is 36.4 Å². The second-order valence-electron chi connectivity index (χ2n) is 4.23. The van der Waals surface area contributed by atoms with E-state index >= 15 is 0 Å². The van der Waals surface area contributed by atoms with Crippen molar-refractivity contribution >= 4 is 40.5 Å². The zero-order chi connectivity index (χ0) is 16.3. The second kappa shape index (κ2) is 6.64. The number of nitrogens with one attached hydrogen (secondary N) is 1. The van der Waals surface area contributed by atoms with Crippen molar-refractivity contribution in [3.05, 3.63) is 62.1 Å². The van der Waals surface area contributed by atoms with E-state index in [1.54, 1.807) is 0 Å². The number of anilines is 1. The van der Waals surface area contributed by atoms with Crippen molar-refractivity contribution in [3.8, 4) is 5.75 Å². The van der Waals surface area contributed by atoms with Gasteiger partial charge < -0.3 is 10.1 Å².